The summed E-state index contributed by atoms with van der Waals surface area (Å²) >= 11 is 3.47. The summed E-state index contributed by atoms with van der Waals surface area (Å²) in [5, 5.41) is 3.20. The number of hydrogen-bond acceptors (Lipinski definition) is 5. The van der Waals surface area contributed by atoms with E-state index in [4.69, 9.17) is 9.47 Å². The fourth-order valence-electron chi connectivity index (χ4n) is 3.74. The standard InChI is InChI=1S/C17H23BrN4O3/c18-13-1-3-14(4-2-13)22-16(21-7-11-25-12-8-21)15(19-17(22)23)20-5-9-24-10-6-20/h1-4,15-16H,5-12H2,(H,19,23)/t15-,16+/m0/s1. The SMILES string of the molecule is O=C1N[C@@H](N2CCOCC2)[C@H](N2CCOCC2)N1c1ccc(Br)cc1. The fourth-order valence-corrected chi connectivity index (χ4v) is 4.01. The Balaban J connectivity index is 1.65. The summed E-state index contributed by atoms with van der Waals surface area (Å²) < 4.78 is 12.0. The molecule has 7 nitrogen and oxygen atoms in total. The smallest absolute Gasteiger partial charge is 0.324 e. The van der Waals surface area contributed by atoms with Crippen LogP contribution in [0, 0.1) is 0 Å². The van der Waals surface area contributed by atoms with Gasteiger partial charge >= 0.3 is 6.03 Å². The normalized spacial score (nSPS) is 29.0. The van der Waals surface area contributed by atoms with E-state index in [0.29, 0.717) is 26.4 Å². The number of rotatable bonds is 3. The molecule has 1 N–H and O–H groups in total. The number of ether oxygens (including phenoxy) is 2. The first kappa shape index (κ1) is 17.2. The Hall–Kier alpha value is -1.19. The van der Waals surface area contributed by atoms with E-state index in [2.05, 4.69) is 31.0 Å². The summed E-state index contributed by atoms with van der Waals surface area (Å²) in [6.07, 6.45) is -0.0891. The van der Waals surface area contributed by atoms with Crippen LogP contribution < -0.4 is 10.2 Å². The molecule has 136 valence electrons. The number of amides is 2. The second-order valence-electron chi connectivity index (χ2n) is 6.45. The van der Waals surface area contributed by atoms with Crippen molar-refractivity contribution in [2.75, 3.05) is 57.5 Å². The Morgan fingerprint density at radius 2 is 1.48 bits per heavy atom. The minimum absolute atomic E-state index is 0.0434. The van der Waals surface area contributed by atoms with E-state index in [1.165, 1.54) is 0 Å². The van der Waals surface area contributed by atoms with Gasteiger partial charge in [0, 0.05) is 36.3 Å². The predicted molar refractivity (Wildman–Crippen MR) is 97.5 cm³/mol. The quantitative estimate of drug-likeness (QED) is 0.813. The number of benzene rings is 1. The zero-order valence-electron chi connectivity index (χ0n) is 14.1. The van der Waals surface area contributed by atoms with Crippen LogP contribution >= 0.6 is 15.9 Å². The molecule has 0 aromatic heterocycles. The van der Waals surface area contributed by atoms with Gasteiger partial charge in [-0.2, -0.15) is 0 Å². The molecule has 0 bridgehead atoms. The summed E-state index contributed by atoms with van der Waals surface area (Å²) in [7, 11) is 0. The monoisotopic (exact) mass is 410 g/mol. The molecule has 3 aliphatic rings. The molecule has 25 heavy (non-hydrogen) atoms. The topological polar surface area (TPSA) is 57.3 Å². The van der Waals surface area contributed by atoms with Gasteiger partial charge in [-0.3, -0.25) is 14.7 Å². The molecular formula is C17H23BrN4O3. The number of carbonyl (C=O) groups is 1. The fraction of sp³-hybridized carbons (Fsp3) is 0.588. The lowest BCUT2D eigenvalue weighted by molar-refractivity contribution is -0.0306. The number of urea groups is 1. The van der Waals surface area contributed by atoms with Crippen LogP contribution in [0.3, 0.4) is 0 Å². The molecule has 8 heteroatoms. The molecule has 0 saturated carbocycles. The van der Waals surface area contributed by atoms with E-state index in [-0.39, 0.29) is 18.4 Å². The molecule has 0 unspecified atom stereocenters. The average Bonchev–Trinajstić information content (AvgIpc) is 3.01. The average molecular weight is 411 g/mol. The Labute approximate surface area is 156 Å². The number of nitrogens with zero attached hydrogens (tertiary/aromatic N) is 3. The van der Waals surface area contributed by atoms with Gasteiger partial charge in [-0.1, -0.05) is 15.9 Å². The summed E-state index contributed by atoms with van der Waals surface area (Å²) in [5.74, 6) is 0. The molecular weight excluding hydrogens is 388 g/mol. The van der Waals surface area contributed by atoms with Crippen LogP contribution in [0.1, 0.15) is 0 Å². The molecule has 0 spiro atoms. The van der Waals surface area contributed by atoms with Gasteiger partial charge in [0.05, 0.1) is 26.4 Å². The van der Waals surface area contributed by atoms with Crippen molar-refractivity contribution in [1.29, 1.82) is 0 Å². The first-order valence-electron chi connectivity index (χ1n) is 8.73. The number of morpholine rings is 2. The maximum absolute atomic E-state index is 12.9. The van der Waals surface area contributed by atoms with Crippen LogP contribution in [-0.4, -0.2) is 80.8 Å². The number of halogens is 1. The lowest BCUT2D eigenvalue weighted by Crippen LogP contribution is -2.61. The highest BCUT2D eigenvalue weighted by atomic mass is 79.9. The minimum Gasteiger partial charge on any atom is -0.379 e. The van der Waals surface area contributed by atoms with Crippen LogP contribution in [0.25, 0.3) is 0 Å². The van der Waals surface area contributed by atoms with E-state index in [1.54, 1.807) is 0 Å². The number of nitrogens with one attached hydrogen (secondary N) is 1. The van der Waals surface area contributed by atoms with Crippen LogP contribution in [0.2, 0.25) is 0 Å². The van der Waals surface area contributed by atoms with E-state index >= 15 is 0 Å². The van der Waals surface area contributed by atoms with E-state index < -0.39 is 0 Å². The van der Waals surface area contributed by atoms with Crippen molar-refractivity contribution in [3.05, 3.63) is 28.7 Å². The maximum Gasteiger partial charge on any atom is 0.324 e. The van der Waals surface area contributed by atoms with Gasteiger partial charge in [-0.05, 0) is 24.3 Å². The molecule has 1 aromatic carbocycles. The first-order valence-corrected chi connectivity index (χ1v) is 9.52. The van der Waals surface area contributed by atoms with Crippen LogP contribution in [0.4, 0.5) is 10.5 Å². The lowest BCUT2D eigenvalue weighted by Gasteiger charge is -2.42. The maximum atomic E-state index is 12.9. The highest BCUT2D eigenvalue weighted by Gasteiger charge is 2.46. The minimum atomic E-state index is -0.0460. The van der Waals surface area contributed by atoms with Crippen molar-refractivity contribution < 1.29 is 14.3 Å². The highest BCUT2D eigenvalue weighted by Crippen LogP contribution is 2.29. The lowest BCUT2D eigenvalue weighted by atomic mass is 10.2. The van der Waals surface area contributed by atoms with Gasteiger partial charge in [-0.15, -0.1) is 0 Å². The molecule has 3 saturated heterocycles. The van der Waals surface area contributed by atoms with Gasteiger partial charge in [0.2, 0.25) is 0 Å². The number of anilines is 1. The molecule has 3 fully saturated rings. The van der Waals surface area contributed by atoms with Gasteiger partial charge in [-0.25, -0.2) is 4.79 Å². The van der Waals surface area contributed by atoms with Gasteiger partial charge in [0.15, 0.2) is 0 Å². The van der Waals surface area contributed by atoms with E-state index in [9.17, 15) is 4.79 Å². The summed E-state index contributed by atoms with van der Waals surface area (Å²) in [5.41, 5.74) is 0.910. The second kappa shape index (κ2) is 7.59. The van der Waals surface area contributed by atoms with Crippen molar-refractivity contribution in [1.82, 2.24) is 15.1 Å². The summed E-state index contributed by atoms with van der Waals surface area (Å²) in [6.45, 7) is 6.14. The Kier molecular flexibility index (Phi) is 5.23. The first-order chi connectivity index (χ1) is 12.2. The highest BCUT2D eigenvalue weighted by molar-refractivity contribution is 9.10. The number of carbonyl (C=O) groups excluding carboxylic acids is 1. The van der Waals surface area contributed by atoms with Crippen LogP contribution in [0.15, 0.2) is 28.7 Å². The molecule has 2 amide bonds. The van der Waals surface area contributed by atoms with Crippen molar-refractivity contribution in [2.45, 2.75) is 12.3 Å². The molecule has 2 atom stereocenters. The Bertz CT molecular complexity index is 602. The van der Waals surface area contributed by atoms with Crippen molar-refractivity contribution in [3.63, 3.8) is 0 Å². The third kappa shape index (κ3) is 3.54. The van der Waals surface area contributed by atoms with Crippen molar-refractivity contribution >= 4 is 27.6 Å². The van der Waals surface area contributed by atoms with E-state index in [1.807, 2.05) is 29.2 Å². The van der Waals surface area contributed by atoms with Crippen LogP contribution in [-0.2, 0) is 9.47 Å². The Morgan fingerprint density at radius 3 is 2.08 bits per heavy atom. The number of hydrogen-bond donors (Lipinski definition) is 1. The zero-order chi connectivity index (χ0) is 17.2. The predicted octanol–water partition coefficient (Wildman–Crippen LogP) is 1.30. The third-order valence-corrected chi connectivity index (χ3v) is 5.53. The molecule has 0 radical (unpaired) electrons. The molecule has 3 aliphatic heterocycles. The van der Waals surface area contributed by atoms with Gasteiger partial charge in [0.1, 0.15) is 12.3 Å². The molecule has 3 heterocycles. The molecule has 1 aromatic rings. The zero-order valence-corrected chi connectivity index (χ0v) is 15.7. The third-order valence-electron chi connectivity index (χ3n) is 5.00. The summed E-state index contributed by atoms with van der Waals surface area (Å²) in [4.78, 5) is 19.4. The van der Waals surface area contributed by atoms with Crippen molar-refractivity contribution in [2.24, 2.45) is 0 Å². The molecule has 0 aliphatic carbocycles. The van der Waals surface area contributed by atoms with Gasteiger partial charge < -0.3 is 14.8 Å². The van der Waals surface area contributed by atoms with Crippen LogP contribution in [0.5, 0.6) is 0 Å². The second-order valence-corrected chi connectivity index (χ2v) is 7.37. The molecule has 4 rings (SSSR count). The van der Waals surface area contributed by atoms with E-state index in [0.717, 1.165) is 36.3 Å². The Morgan fingerprint density at radius 1 is 0.920 bits per heavy atom. The van der Waals surface area contributed by atoms with Gasteiger partial charge in [0.25, 0.3) is 0 Å². The van der Waals surface area contributed by atoms with Crippen molar-refractivity contribution in [3.8, 4) is 0 Å². The summed E-state index contributed by atoms with van der Waals surface area (Å²) in [6, 6.07) is 7.87. The largest absolute Gasteiger partial charge is 0.379 e.